The largest absolute Gasteiger partial charge is 0.497 e. The SMILES string of the molecule is CCCCOc1ccc(C2c3c(-c4ccccc4)n[nH]c3C(=O)N2Cc2ccc(OC)cc2)cc1OCC. The third kappa shape index (κ3) is 4.96. The molecule has 0 saturated carbocycles. The Bertz CT molecular complexity index is 1380. The number of carbonyl (C=O) groups is 1. The van der Waals surface area contributed by atoms with Crippen molar-refractivity contribution >= 4 is 5.91 Å². The van der Waals surface area contributed by atoms with Crippen molar-refractivity contribution in [2.45, 2.75) is 39.3 Å². The van der Waals surface area contributed by atoms with E-state index in [1.54, 1.807) is 7.11 Å². The summed E-state index contributed by atoms with van der Waals surface area (Å²) in [6.45, 7) is 5.67. The molecular formula is C31H33N3O4. The van der Waals surface area contributed by atoms with E-state index in [9.17, 15) is 4.79 Å². The van der Waals surface area contributed by atoms with Gasteiger partial charge in [0.2, 0.25) is 0 Å². The maximum atomic E-state index is 13.8. The highest BCUT2D eigenvalue weighted by molar-refractivity contribution is 6.00. The monoisotopic (exact) mass is 511 g/mol. The number of carbonyl (C=O) groups excluding carboxylic acids is 1. The van der Waals surface area contributed by atoms with Crippen LogP contribution in [0.1, 0.15) is 59.9 Å². The topological polar surface area (TPSA) is 76.7 Å². The molecule has 0 aliphatic carbocycles. The van der Waals surface area contributed by atoms with Gasteiger partial charge in [-0.05, 0) is 48.7 Å². The summed E-state index contributed by atoms with van der Waals surface area (Å²) < 4.78 is 17.3. The quantitative estimate of drug-likeness (QED) is 0.236. The highest BCUT2D eigenvalue weighted by Crippen LogP contribution is 2.45. The highest BCUT2D eigenvalue weighted by atomic mass is 16.5. The zero-order chi connectivity index (χ0) is 26.5. The minimum Gasteiger partial charge on any atom is -0.497 e. The van der Waals surface area contributed by atoms with Gasteiger partial charge in [-0.15, -0.1) is 0 Å². The van der Waals surface area contributed by atoms with Crippen LogP contribution in [0.2, 0.25) is 0 Å². The minimum absolute atomic E-state index is 0.0864. The fourth-order valence-electron chi connectivity index (χ4n) is 4.86. The molecule has 7 heteroatoms. The first-order valence-corrected chi connectivity index (χ1v) is 13.1. The maximum Gasteiger partial charge on any atom is 0.273 e. The van der Waals surface area contributed by atoms with Crippen molar-refractivity contribution in [2.75, 3.05) is 20.3 Å². The molecule has 0 radical (unpaired) electrons. The molecule has 1 unspecified atom stereocenters. The van der Waals surface area contributed by atoms with Crippen molar-refractivity contribution in [3.05, 3.63) is 95.2 Å². The number of aromatic amines is 1. The molecule has 4 aromatic rings. The molecule has 7 nitrogen and oxygen atoms in total. The molecule has 3 aromatic carbocycles. The van der Waals surface area contributed by atoms with E-state index in [1.807, 2.05) is 84.6 Å². The Hall–Kier alpha value is -4.26. The third-order valence-corrected chi connectivity index (χ3v) is 6.76. The first-order chi connectivity index (χ1) is 18.6. The van der Waals surface area contributed by atoms with E-state index in [1.165, 1.54) is 0 Å². The third-order valence-electron chi connectivity index (χ3n) is 6.76. The number of hydrogen-bond acceptors (Lipinski definition) is 5. The van der Waals surface area contributed by atoms with Crippen LogP contribution in [0.3, 0.4) is 0 Å². The van der Waals surface area contributed by atoms with Gasteiger partial charge < -0.3 is 19.1 Å². The molecule has 1 aliphatic heterocycles. The summed E-state index contributed by atoms with van der Waals surface area (Å²) >= 11 is 0. The molecule has 1 amide bonds. The van der Waals surface area contributed by atoms with Gasteiger partial charge in [-0.2, -0.15) is 5.10 Å². The standard InChI is InChI=1S/C31H33N3O4/c1-4-6-18-38-25-17-14-23(19-26(25)37-5-2)30-27-28(22-10-8-7-9-11-22)32-33-29(27)31(35)34(30)20-21-12-15-24(36-3)16-13-21/h7-17,19,30H,4-6,18,20H2,1-3H3,(H,32,33). The number of amides is 1. The summed E-state index contributed by atoms with van der Waals surface area (Å²) in [5, 5.41) is 7.62. The van der Waals surface area contributed by atoms with Crippen LogP contribution < -0.4 is 14.2 Å². The number of rotatable bonds is 11. The number of benzene rings is 3. The fraction of sp³-hybridized carbons (Fsp3) is 0.290. The number of ether oxygens (including phenoxy) is 3. The van der Waals surface area contributed by atoms with Crippen molar-refractivity contribution in [2.24, 2.45) is 0 Å². The van der Waals surface area contributed by atoms with Crippen LogP contribution in [-0.2, 0) is 6.54 Å². The van der Waals surface area contributed by atoms with E-state index in [4.69, 9.17) is 14.2 Å². The van der Waals surface area contributed by atoms with E-state index >= 15 is 0 Å². The van der Waals surface area contributed by atoms with E-state index in [2.05, 4.69) is 17.1 Å². The van der Waals surface area contributed by atoms with Crippen LogP contribution in [0.25, 0.3) is 11.3 Å². The van der Waals surface area contributed by atoms with Gasteiger partial charge in [0.15, 0.2) is 11.5 Å². The molecule has 0 bridgehead atoms. The highest BCUT2D eigenvalue weighted by Gasteiger charge is 2.42. The smallest absolute Gasteiger partial charge is 0.273 e. The molecular weight excluding hydrogens is 478 g/mol. The summed E-state index contributed by atoms with van der Waals surface area (Å²) in [5.41, 5.74) is 5.07. The lowest BCUT2D eigenvalue weighted by Crippen LogP contribution is -2.29. The van der Waals surface area contributed by atoms with E-state index in [0.29, 0.717) is 37.0 Å². The summed E-state index contributed by atoms with van der Waals surface area (Å²) in [5.74, 6) is 2.08. The fourth-order valence-corrected chi connectivity index (χ4v) is 4.86. The van der Waals surface area contributed by atoms with Gasteiger partial charge in [0, 0.05) is 17.7 Å². The zero-order valence-corrected chi connectivity index (χ0v) is 22.1. The maximum absolute atomic E-state index is 13.8. The van der Waals surface area contributed by atoms with Gasteiger partial charge in [0.25, 0.3) is 5.91 Å². The normalized spacial score (nSPS) is 14.4. The Morgan fingerprint density at radius 1 is 0.947 bits per heavy atom. The zero-order valence-electron chi connectivity index (χ0n) is 22.1. The number of nitrogens with zero attached hydrogens (tertiary/aromatic N) is 2. The van der Waals surface area contributed by atoms with Crippen molar-refractivity contribution in [3.63, 3.8) is 0 Å². The molecule has 1 aromatic heterocycles. The van der Waals surface area contributed by atoms with Gasteiger partial charge in [-0.1, -0.05) is 61.9 Å². The Morgan fingerprint density at radius 3 is 2.45 bits per heavy atom. The minimum atomic E-state index is -0.350. The first kappa shape index (κ1) is 25.4. The molecule has 0 fully saturated rings. The summed E-state index contributed by atoms with van der Waals surface area (Å²) in [6.07, 6.45) is 2.02. The predicted octanol–water partition coefficient (Wildman–Crippen LogP) is 6.41. The lowest BCUT2D eigenvalue weighted by atomic mass is 9.95. The Balaban J connectivity index is 1.59. The van der Waals surface area contributed by atoms with E-state index in [0.717, 1.165) is 46.5 Å². The van der Waals surface area contributed by atoms with Crippen LogP contribution in [0.4, 0.5) is 0 Å². The number of H-pyrrole nitrogens is 1. The Labute approximate surface area is 223 Å². The number of fused-ring (bicyclic) bond motifs is 1. The van der Waals surface area contributed by atoms with Gasteiger partial charge in [-0.3, -0.25) is 9.89 Å². The molecule has 0 saturated heterocycles. The van der Waals surface area contributed by atoms with E-state index in [-0.39, 0.29) is 11.9 Å². The molecule has 1 N–H and O–H groups in total. The number of aromatic nitrogens is 2. The van der Waals surface area contributed by atoms with Crippen molar-refractivity contribution in [1.29, 1.82) is 0 Å². The second-order valence-corrected chi connectivity index (χ2v) is 9.25. The lowest BCUT2D eigenvalue weighted by molar-refractivity contribution is 0.0729. The van der Waals surface area contributed by atoms with Gasteiger partial charge in [0.05, 0.1) is 32.1 Å². The lowest BCUT2D eigenvalue weighted by Gasteiger charge is -2.27. The Kier molecular flexibility index (Phi) is 7.63. The van der Waals surface area contributed by atoms with Crippen molar-refractivity contribution in [3.8, 4) is 28.5 Å². The molecule has 5 rings (SSSR count). The first-order valence-electron chi connectivity index (χ1n) is 13.1. The number of unbranched alkanes of at least 4 members (excludes halogenated alkanes) is 1. The van der Waals surface area contributed by atoms with E-state index < -0.39 is 0 Å². The second-order valence-electron chi connectivity index (χ2n) is 9.25. The van der Waals surface area contributed by atoms with Gasteiger partial charge in [-0.25, -0.2) is 0 Å². The van der Waals surface area contributed by atoms with Crippen LogP contribution in [-0.4, -0.2) is 41.3 Å². The molecule has 2 heterocycles. The molecule has 196 valence electrons. The van der Waals surface area contributed by atoms with Crippen LogP contribution in [0.5, 0.6) is 17.2 Å². The Morgan fingerprint density at radius 2 is 1.74 bits per heavy atom. The molecule has 1 atom stereocenters. The number of hydrogen-bond donors (Lipinski definition) is 1. The van der Waals surface area contributed by atoms with Crippen LogP contribution >= 0.6 is 0 Å². The number of methoxy groups -OCH3 is 1. The average molecular weight is 512 g/mol. The van der Waals surface area contributed by atoms with Gasteiger partial charge in [0.1, 0.15) is 11.4 Å². The summed E-state index contributed by atoms with van der Waals surface area (Å²) in [7, 11) is 1.64. The summed E-state index contributed by atoms with van der Waals surface area (Å²) in [6, 6.07) is 23.4. The average Bonchev–Trinajstić information content (AvgIpc) is 3.49. The van der Waals surface area contributed by atoms with Gasteiger partial charge >= 0.3 is 0 Å². The molecule has 0 spiro atoms. The van der Waals surface area contributed by atoms with Crippen molar-refractivity contribution < 1.29 is 19.0 Å². The molecule has 1 aliphatic rings. The van der Waals surface area contributed by atoms with Crippen LogP contribution in [0.15, 0.2) is 72.8 Å². The van der Waals surface area contributed by atoms with Crippen molar-refractivity contribution in [1.82, 2.24) is 15.1 Å². The predicted molar refractivity (Wildman–Crippen MR) is 147 cm³/mol. The molecule has 38 heavy (non-hydrogen) atoms. The number of nitrogens with one attached hydrogen (secondary N) is 1. The second kappa shape index (κ2) is 11.4. The van der Waals surface area contributed by atoms with Crippen LogP contribution in [0, 0.1) is 0 Å². The summed E-state index contributed by atoms with van der Waals surface area (Å²) in [4.78, 5) is 15.7.